The van der Waals surface area contributed by atoms with E-state index in [-0.39, 0.29) is 16.9 Å². The molecule has 0 bridgehead atoms. The van der Waals surface area contributed by atoms with Crippen molar-refractivity contribution < 1.29 is 14.6 Å². The van der Waals surface area contributed by atoms with Crippen LogP contribution in [0.2, 0.25) is 0 Å². The van der Waals surface area contributed by atoms with Crippen LogP contribution in [0.3, 0.4) is 0 Å². The van der Waals surface area contributed by atoms with Gasteiger partial charge in [-0.1, -0.05) is 36.4 Å². The summed E-state index contributed by atoms with van der Waals surface area (Å²) in [5.74, 6) is 0.923. The lowest BCUT2D eigenvalue weighted by molar-refractivity contribution is -0.120. The molecule has 5 nitrogen and oxygen atoms in total. The van der Waals surface area contributed by atoms with Gasteiger partial charge in [0.05, 0.1) is 18.6 Å². The Morgan fingerprint density at radius 1 is 1.29 bits per heavy atom. The van der Waals surface area contributed by atoms with Gasteiger partial charge in [0.1, 0.15) is 0 Å². The number of rotatable bonds is 7. The fourth-order valence-corrected chi connectivity index (χ4v) is 2.77. The Morgan fingerprint density at radius 2 is 2.04 bits per heavy atom. The summed E-state index contributed by atoms with van der Waals surface area (Å²) in [5, 5.41) is 13.6. The molecule has 1 amide bonds. The van der Waals surface area contributed by atoms with Crippen LogP contribution in [0.5, 0.6) is 11.5 Å². The Labute approximate surface area is 145 Å². The molecule has 0 unspecified atom stereocenters. The predicted octanol–water partition coefficient (Wildman–Crippen LogP) is 3.17. The topological polar surface area (TPSA) is 70.9 Å². The first-order chi connectivity index (χ1) is 11.6. The zero-order valence-corrected chi connectivity index (χ0v) is 14.4. The van der Waals surface area contributed by atoms with Gasteiger partial charge in [0.2, 0.25) is 0 Å². The van der Waals surface area contributed by atoms with Crippen molar-refractivity contribution in [3.8, 4) is 11.5 Å². The number of nitrogens with zero attached hydrogens (tertiary/aromatic N) is 1. The van der Waals surface area contributed by atoms with Crippen LogP contribution >= 0.6 is 11.8 Å². The molecule has 2 N–H and O–H groups in total. The van der Waals surface area contributed by atoms with Crippen LogP contribution in [0.25, 0.3) is 0 Å². The van der Waals surface area contributed by atoms with Gasteiger partial charge in [0.25, 0.3) is 5.91 Å². The Morgan fingerprint density at radius 3 is 2.75 bits per heavy atom. The smallest absolute Gasteiger partial charge is 0.252 e. The molecular formula is C18H20N2O3S. The van der Waals surface area contributed by atoms with E-state index in [4.69, 9.17) is 4.74 Å². The summed E-state index contributed by atoms with van der Waals surface area (Å²) in [4.78, 5) is 12.0. The second kappa shape index (κ2) is 8.98. The molecule has 2 rings (SSSR count). The molecule has 0 aliphatic carbocycles. The number of carbonyl (C=O) groups excluding carboxylic acids is 1. The first-order valence-electron chi connectivity index (χ1n) is 7.46. The third-order valence-corrected chi connectivity index (χ3v) is 4.55. The quantitative estimate of drug-likeness (QED) is 0.598. The Balaban J connectivity index is 1.86. The SMILES string of the molecule is COc1cccc(/C=N\NC(=O)[C@@H](C)SCc2ccccc2)c1O. The van der Waals surface area contributed by atoms with Gasteiger partial charge in [-0.3, -0.25) is 4.79 Å². The van der Waals surface area contributed by atoms with Crippen molar-refractivity contribution in [1.82, 2.24) is 5.43 Å². The predicted molar refractivity (Wildman–Crippen MR) is 97.6 cm³/mol. The van der Waals surface area contributed by atoms with Gasteiger partial charge in [-0.15, -0.1) is 11.8 Å². The summed E-state index contributed by atoms with van der Waals surface area (Å²) >= 11 is 1.54. The van der Waals surface area contributed by atoms with Crippen LogP contribution < -0.4 is 10.2 Å². The van der Waals surface area contributed by atoms with Crippen LogP contribution in [-0.4, -0.2) is 29.6 Å². The largest absolute Gasteiger partial charge is 0.504 e. The molecule has 126 valence electrons. The molecule has 0 radical (unpaired) electrons. The zero-order valence-electron chi connectivity index (χ0n) is 13.6. The highest BCUT2D eigenvalue weighted by Crippen LogP contribution is 2.27. The van der Waals surface area contributed by atoms with E-state index in [0.717, 1.165) is 5.75 Å². The maximum atomic E-state index is 12.0. The van der Waals surface area contributed by atoms with Crippen molar-refractivity contribution in [2.75, 3.05) is 7.11 Å². The highest BCUT2D eigenvalue weighted by Gasteiger charge is 2.12. The number of para-hydroxylation sites is 1. The van der Waals surface area contributed by atoms with Gasteiger partial charge >= 0.3 is 0 Å². The van der Waals surface area contributed by atoms with E-state index in [9.17, 15) is 9.90 Å². The van der Waals surface area contributed by atoms with Gasteiger partial charge in [-0.2, -0.15) is 5.10 Å². The summed E-state index contributed by atoms with van der Waals surface area (Å²) in [6, 6.07) is 15.0. The maximum absolute atomic E-state index is 12.0. The average molecular weight is 344 g/mol. The number of hydrogen-bond acceptors (Lipinski definition) is 5. The van der Waals surface area contributed by atoms with E-state index in [1.807, 2.05) is 37.3 Å². The number of phenolic OH excluding ortho intramolecular Hbond substituents is 1. The van der Waals surface area contributed by atoms with Crippen molar-refractivity contribution in [2.24, 2.45) is 5.10 Å². The first-order valence-corrected chi connectivity index (χ1v) is 8.51. The summed E-state index contributed by atoms with van der Waals surface area (Å²) in [6.45, 7) is 1.83. The zero-order chi connectivity index (χ0) is 17.4. The molecule has 0 spiro atoms. The first kappa shape index (κ1) is 17.9. The third-order valence-electron chi connectivity index (χ3n) is 3.34. The number of carbonyl (C=O) groups is 1. The van der Waals surface area contributed by atoms with Crippen molar-refractivity contribution >= 4 is 23.9 Å². The van der Waals surface area contributed by atoms with Crippen molar-refractivity contribution in [3.05, 3.63) is 59.7 Å². The van der Waals surface area contributed by atoms with Crippen molar-refractivity contribution in [3.63, 3.8) is 0 Å². The normalized spacial score (nSPS) is 12.1. The summed E-state index contributed by atoms with van der Waals surface area (Å²) < 4.78 is 5.02. The average Bonchev–Trinajstić information content (AvgIpc) is 2.61. The molecule has 2 aromatic carbocycles. The number of benzene rings is 2. The minimum atomic E-state index is -0.235. The van der Waals surface area contributed by atoms with Crippen LogP contribution in [0.4, 0.5) is 0 Å². The van der Waals surface area contributed by atoms with Crippen molar-refractivity contribution in [2.45, 2.75) is 17.9 Å². The number of hydrogen-bond donors (Lipinski definition) is 2. The molecule has 0 saturated heterocycles. The fraction of sp³-hybridized carbons (Fsp3) is 0.222. The van der Waals surface area contributed by atoms with E-state index in [1.165, 1.54) is 30.6 Å². The lowest BCUT2D eigenvalue weighted by Crippen LogP contribution is -2.27. The fourth-order valence-electron chi connectivity index (χ4n) is 1.94. The van der Waals surface area contributed by atoms with E-state index >= 15 is 0 Å². The highest BCUT2D eigenvalue weighted by molar-refractivity contribution is 7.99. The molecule has 2 aromatic rings. The minimum Gasteiger partial charge on any atom is -0.504 e. The molecule has 6 heteroatoms. The van der Waals surface area contributed by atoms with Crippen LogP contribution in [0.1, 0.15) is 18.1 Å². The van der Waals surface area contributed by atoms with Crippen LogP contribution in [-0.2, 0) is 10.5 Å². The Hall–Kier alpha value is -2.47. The second-order valence-corrected chi connectivity index (χ2v) is 6.40. The van der Waals surface area contributed by atoms with Gasteiger partial charge < -0.3 is 9.84 Å². The molecule has 0 aliphatic heterocycles. The number of thioether (sulfide) groups is 1. The minimum absolute atomic E-state index is 0.00972. The van der Waals surface area contributed by atoms with Gasteiger partial charge in [-0.25, -0.2) is 5.43 Å². The van der Waals surface area contributed by atoms with E-state index in [2.05, 4.69) is 10.5 Å². The molecule has 1 atom stereocenters. The summed E-state index contributed by atoms with van der Waals surface area (Å²) in [7, 11) is 1.48. The highest BCUT2D eigenvalue weighted by atomic mass is 32.2. The second-order valence-electron chi connectivity index (χ2n) is 5.07. The number of nitrogens with one attached hydrogen (secondary N) is 1. The number of methoxy groups -OCH3 is 1. The molecule has 24 heavy (non-hydrogen) atoms. The maximum Gasteiger partial charge on any atom is 0.252 e. The number of hydrazone groups is 1. The molecule has 0 fully saturated rings. The lowest BCUT2D eigenvalue weighted by Gasteiger charge is -2.09. The van der Waals surface area contributed by atoms with Crippen LogP contribution in [0.15, 0.2) is 53.6 Å². The Kier molecular flexibility index (Phi) is 6.69. The third kappa shape index (κ3) is 5.03. The number of amides is 1. The van der Waals surface area contributed by atoms with Crippen molar-refractivity contribution in [1.29, 1.82) is 0 Å². The van der Waals surface area contributed by atoms with Gasteiger partial charge in [0, 0.05) is 11.3 Å². The standard InChI is InChI=1S/C18H20N2O3S/c1-13(24-12-14-7-4-3-5-8-14)18(22)20-19-11-15-9-6-10-16(23-2)17(15)21/h3-11,13,21H,12H2,1-2H3,(H,20,22)/b19-11-/t13-/m1/s1. The summed E-state index contributed by atoms with van der Waals surface area (Å²) in [6.07, 6.45) is 1.39. The molecule has 0 heterocycles. The van der Waals surface area contributed by atoms with Gasteiger partial charge in [-0.05, 0) is 24.6 Å². The number of aromatic hydroxyl groups is 1. The molecule has 0 aromatic heterocycles. The van der Waals surface area contributed by atoms with Gasteiger partial charge in [0.15, 0.2) is 11.5 Å². The van der Waals surface area contributed by atoms with E-state index < -0.39 is 0 Å². The monoisotopic (exact) mass is 344 g/mol. The number of ether oxygens (including phenoxy) is 1. The molecule has 0 saturated carbocycles. The van der Waals surface area contributed by atoms with E-state index in [0.29, 0.717) is 11.3 Å². The van der Waals surface area contributed by atoms with Crippen LogP contribution in [0, 0.1) is 0 Å². The van der Waals surface area contributed by atoms with E-state index in [1.54, 1.807) is 18.2 Å². The molecular weight excluding hydrogens is 324 g/mol. The number of phenols is 1. The summed E-state index contributed by atoms with van der Waals surface area (Å²) in [5.41, 5.74) is 4.13. The lowest BCUT2D eigenvalue weighted by atomic mass is 10.2. The molecule has 0 aliphatic rings. The Bertz CT molecular complexity index is 705.